The van der Waals surface area contributed by atoms with Gasteiger partial charge in [-0.3, -0.25) is 4.79 Å². The lowest BCUT2D eigenvalue weighted by Gasteiger charge is -2.21. The molecule has 1 heterocycles. The standard InChI is InChI=1S/C15H20N2O5S/c1-23(21,22)17-9-3-6-13(17)14(18)16-8-7-11-4-2-5-12(10-11)15(19)20/h2,4-5,10,13H,3,6-9H2,1H3,(H,16,18)(H,19,20)/t13-/m1/s1. The topological polar surface area (TPSA) is 104 Å². The zero-order chi connectivity index (χ0) is 17.0. The van der Waals surface area contributed by atoms with Gasteiger partial charge in [0.1, 0.15) is 6.04 Å². The highest BCUT2D eigenvalue weighted by atomic mass is 32.2. The maximum atomic E-state index is 12.2. The van der Waals surface area contributed by atoms with Crippen molar-refractivity contribution >= 4 is 21.9 Å². The molecule has 0 aromatic heterocycles. The molecule has 126 valence electrons. The van der Waals surface area contributed by atoms with E-state index in [0.29, 0.717) is 32.4 Å². The van der Waals surface area contributed by atoms with Crippen molar-refractivity contribution in [2.24, 2.45) is 0 Å². The lowest BCUT2D eigenvalue weighted by atomic mass is 10.1. The summed E-state index contributed by atoms with van der Waals surface area (Å²) in [6.07, 6.45) is 2.79. The summed E-state index contributed by atoms with van der Waals surface area (Å²) in [7, 11) is -3.38. The van der Waals surface area contributed by atoms with Crippen molar-refractivity contribution in [2.45, 2.75) is 25.3 Å². The summed E-state index contributed by atoms with van der Waals surface area (Å²) >= 11 is 0. The third kappa shape index (κ3) is 4.52. The minimum Gasteiger partial charge on any atom is -0.478 e. The van der Waals surface area contributed by atoms with E-state index in [1.54, 1.807) is 18.2 Å². The van der Waals surface area contributed by atoms with Gasteiger partial charge < -0.3 is 10.4 Å². The molecule has 1 aliphatic rings. The molecule has 1 fully saturated rings. The van der Waals surface area contributed by atoms with Crippen LogP contribution in [0.3, 0.4) is 0 Å². The average molecular weight is 340 g/mol. The lowest BCUT2D eigenvalue weighted by Crippen LogP contribution is -2.45. The predicted octanol–water partition coefficient (Wildman–Crippen LogP) is 0.468. The number of carboxylic acid groups (broad SMARTS) is 1. The molecule has 7 nitrogen and oxygen atoms in total. The van der Waals surface area contributed by atoms with E-state index in [2.05, 4.69) is 5.32 Å². The molecule has 2 N–H and O–H groups in total. The van der Waals surface area contributed by atoms with Crippen molar-refractivity contribution in [1.29, 1.82) is 0 Å². The summed E-state index contributed by atoms with van der Waals surface area (Å²) in [6, 6.07) is 5.87. The molecule has 1 aromatic rings. The molecule has 0 aliphatic carbocycles. The Morgan fingerprint density at radius 2 is 2.13 bits per heavy atom. The van der Waals surface area contributed by atoms with Crippen LogP contribution in [0.15, 0.2) is 24.3 Å². The van der Waals surface area contributed by atoms with Crippen LogP contribution in [0, 0.1) is 0 Å². The molecule has 1 aliphatic heterocycles. The largest absolute Gasteiger partial charge is 0.478 e. The number of nitrogens with one attached hydrogen (secondary N) is 1. The van der Waals surface area contributed by atoms with Crippen LogP contribution >= 0.6 is 0 Å². The number of rotatable bonds is 6. The Morgan fingerprint density at radius 3 is 2.78 bits per heavy atom. The Bertz CT molecular complexity index is 702. The first-order valence-electron chi connectivity index (χ1n) is 7.36. The molecule has 1 atom stereocenters. The molecule has 1 amide bonds. The second-order valence-corrected chi connectivity index (χ2v) is 7.51. The van der Waals surface area contributed by atoms with Crippen LogP contribution in [-0.2, 0) is 21.2 Å². The Balaban J connectivity index is 1.90. The quantitative estimate of drug-likeness (QED) is 0.783. The molecule has 0 saturated carbocycles. The lowest BCUT2D eigenvalue weighted by molar-refractivity contribution is -0.124. The van der Waals surface area contributed by atoms with Crippen LogP contribution < -0.4 is 5.32 Å². The molecule has 2 rings (SSSR count). The highest BCUT2D eigenvalue weighted by molar-refractivity contribution is 7.88. The third-order valence-corrected chi connectivity index (χ3v) is 5.11. The summed E-state index contributed by atoms with van der Waals surface area (Å²) in [4.78, 5) is 23.1. The maximum Gasteiger partial charge on any atom is 0.335 e. The van der Waals surface area contributed by atoms with Gasteiger partial charge in [-0.05, 0) is 37.0 Å². The van der Waals surface area contributed by atoms with Crippen LogP contribution in [0.25, 0.3) is 0 Å². The van der Waals surface area contributed by atoms with Crippen molar-refractivity contribution in [3.05, 3.63) is 35.4 Å². The van der Waals surface area contributed by atoms with E-state index in [9.17, 15) is 18.0 Å². The fourth-order valence-corrected chi connectivity index (χ4v) is 3.83. The highest BCUT2D eigenvalue weighted by Crippen LogP contribution is 2.20. The van der Waals surface area contributed by atoms with Gasteiger partial charge in [-0.25, -0.2) is 13.2 Å². The van der Waals surface area contributed by atoms with E-state index in [0.717, 1.165) is 11.8 Å². The van der Waals surface area contributed by atoms with Crippen LogP contribution in [-0.4, -0.2) is 55.1 Å². The fourth-order valence-electron chi connectivity index (χ4n) is 2.71. The first kappa shape index (κ1) is 17.4. The summed E-state index contributed by atoms with van der Waals surface area (Å²) < 4.78 is 24.5. The second-order valence-electron chi connectivity index (χ2n) is 5.58. The molecule has 0 bridgehead atoms. The Hall–Kier alpha value is -1.93. The van der Waals surface area contributed by atoms with E-state index in [1.165, 1.54) is 10.4 Å². The number of sulfonamides is 1. The summed E-state index contributed by atoms with van der Waals surface area (Å²) in [6.45, 7) is 0.702. The monoisotopic (exact) mass is 340 g/mol. The van der Waals surface area contributed by atoms with Gasteiger partial charge in [-0.15, -0.1) is 0 Å². The van der Waals surface area contributed by atoms with Gasteiger partial charge in [0.25, 0.3) is 0 Å². The first-order valence-corrected chi connectivity index (χ1v) is 9.20. The van der Waals surface area contributed by atoms with E-state index in [4.69, 9.17) is 5.11 Å². The number of amides is 1. The molecular formula is C15H20N2O5S. The molecule has 1 aromatic carbocycles. The van der Waals surface area contributed by atoms with Gasteiger partial charge in [0.05, 0.1) is 11.8 Å². The van der Waals surface area contributed by atoms with Crippen molar-refractivity contribution in [2.75, 3.05) is 19.3 Å². The Morgan fingerprint density at radius 1 is 1.39 bits per heavy atom. The fraction of sp³-hybridized carbons (Fsp3) is 0.467. The van der Waals surface area contributed by atoms with Gasteiger partial charge in [0, 0.05) is 13.1 Å². The number of aromatic carboxylic acids is 1. The van der Waals surface area contributed by atoms with Crippen LogP contribution in [0.2, 0.25) is 0 Å². The minimum atomic E-state index is -3.38. The zero-order valence-corrected chi connectivity index (χ0v) is 13.7. The molecular weight excluding hydrogens is 320 g/mol. The molecule has 8 heteroatoms. The summed E-state index contributed by atoms with van der Waals surface area (Å²) in [5.41, 5.74) is 1.00. The van der Waals surface area contributed by atoms with Crippen molar-refractivity contribution in [3.63, 3.8) is 0 Å². The van der Waals surface area contributed by atoms with Crippen LogP contribution in [0.1, 0.15) is 28.8 Å². The summed E-state index contributed by atoms with van der Waals surface area (Å²) in [5.74, 6) is -1.30. The average Bonchev–Trinajstić information content (AvgIpc) is 2.97. The summed E-state index contributed by atoms with van der Waals surface area (Å²) in [5, 5.41) is 11.7. The molecule has 0 unspecified atom stereocenters. The van der Waals surface area contributed by atoms with Gasteiger partial charge in [0.15, 0.2) is 0 Å². The van der Waals surface area contributed by atoms with Crippen LogP contribution in [0.4, 0.5) is 0 Å². The Labute approximate surface area is 135 Å². The normalized spacial score (nSPS) is 18.7. The number of carboxylic acids is 1. The number of nitrogens with zero attached hydrogens (tertiary/aromatic N) is 1. The highest BCUT2D eigenvalue weighted by Gasteiger charge is 2.36. The molecule has 23 heavy (non-hydrogen) atoms. The van der Waals surface area contributed by atoms with E-state index < -0.39 is 22.0 Å². The Kier molecular flexibility index (Phi) is 5.38. The number of hydrogen-bond donors (Lipinski definition) is 2. The van der Waals surface area contributed by atoms with Gasteiger partial charge >= 0.3 is 5.97 Å². The van der Waals surface area contributed by atoms with Crippen LogP contribution in [0.5, 0.6) is 0 Å². The predicted molar refractivity (Wildman–Crippen MR) is 84.7 cm³/mol. The SMILES string of the molecule is CS(=O)(=O)N1CCC[C@@H]1C(=O)NCCc1cccc(C(=O)O)c1. The van der Waals surface area contributed by atoms with Gasteiger partial charge in [0.2, 0.25) is 15.9 Å². The number of benzene rings is 1. The molecule has 1 saturated heterocycles. The molecule has 0 spiro atoms. The third-order valence-electron chi connectivity index (χ3n) is 3.82. The zero-order valence-electron chi connectivity index (χ0n) is 12.9. The van der Waals surface area contributed by atoms with Crippen molar-refractivity contribution in [3.8, 4) is 0 Å². The number of carbonyl (C=O) groups is 2. The van der Waals surface area contributed by atoms with E-state index >= 15 is 0 Å². The second kappa shape index (κ2) is 7.10. The smallest absolute Gasteiger partial charge is 0.335 e. The molecule has 0 radical (unpaired) electrons. The maximum absolute atomic E-state index is 12.2. The number of hydrogen-bond acceptors (Lipinski definition) is 4. The number of carbonyl (C=O) groups excluding carboxylic acids is 1. The first-order chi connectivity index (χ1) is 10.8. The van der Waals surface area contributed by atoms with Crippen molar-refractivity contribution in [1.82, 2.24) is 9.62 Å². The van der Waals surface area contributed by atoms with E-state index in [1.807, 2.05) is 0 Å². The van der Waals surface area contributed by atoms with E-state index in [-0.39, 0.29) is 11.5 Å². The van der Waals surface area contributed by atoms with Crippen molar-refractivity contribution < 1.29 is 23.1 Å². The van der Waals surface area contributed by atoms with Gasteiger partial charge in [-0.1, -0.05) is 12.1 Å². The van der Waals surface area contributed by atoms with Gasteiger partial charge in [-0.2, -0.15) is 4.31 Å². The minimum absolute atomic E-state index is 0.202.